The van der Waals surface area contributed by atoms with Crippen LogP contribution < -0.4 is 16.9 Å². The molecule has 0 radical (unpaired) electrons. The number of hydrogen-bond donors (Lipinski definition) is 4. The molecule has 0 rings (SSSR count). The number of guanidine groups is 1. The summed E-state index contributed by atoms with van der Waals surface area (Å²) in [7, 11) is 0. The first-order valence-electron chi connectivity index (χ1n) is 2.19. The third-order valence-electron chi connectivity index (χ3n) is 0.432. The molecule has 0 saturated heterocycles. The van der Waals surface area contributed by atoms with Crippen LogP contribution in [0.1, 0.15) is 0 Å². The summed E-state index contributed by atoms with van der Waals surface area (Å²) in [4.78, 5) is 0. The highest BCUT2D eigenvalue weighted by Crippen LogP contribution is 1.66. The lowest BCUT2D eigenvalue weighted by molar-refractivity contribution is 0.787. The lowest BCUT2D eigenvalue weighted by Crippen LogP contribution is -2.26. The van der Waals surface area contributed by atoms with Crippen molar-refractivity contribution in [3.8, 4) is 0 Å². The lowest BCUT2D eigenvalue weighted by Gasteiger charge is -1.93. The van der Waals surface area contributed by atoms with Crippen molar-refractivity contribution in [1.29, 1.82) is 0 Å². The molecule has 0 aromatic carbocycles. The fourth-order valence-electron chi connectivity index (χ4n) is 0.197. The molecule has 0 unspecified atom stereocenters. The van der Waals surface area contributed by atoms with E-state index in [0.717, 1.165) is 5.75 Å². The van der Waals surface area contributed by atoms with Gasteiger partial charge in [-0.05, 0) is 0 Å². The third-order valence-corrected chi connectivity index (χ3v) is 0.655. The van der Waals surface area contributed by atoms with Crippen molar-refractivity contribution in [3.05, 3.63) is 0 Å². The van der Waals surface area contributed by atoms with Gasteiger partial charge < -0.3 is 16.9 Å². The SMILES string of the molecule is NC(N)=NNCCS. The summed E-state index contributed by atoms with van der Waals surface area (Å²) in [6, 6.07) is 0. The van der Waals surface area contributed by atoms with Crippen LogP contribution in [0.4, 0.5) is 0 Å². The van der Waals surface area contributed by atoms with Crippen LogP contribution in [-0.4, -0.2) is 18.3 Å². The Kier molecular flexibility index (Phi) is 4.24. The number of nitrogens with one attached hydrogen (secondary N) is 1. The van der Waals surface area contributed by atoms with Crippen LogP contribution in [0.3, 0.4) is 0 Å². The fraction of sp³-hybridized carbons (Fsp3) is 0.667. The monoisotopic (exact) mass is 134 g/mol. The molecular formula is C3H10N4S. The van der Waals surface area contributed by atoms with Gasteiger partial charge in [0.2, 0.25) is 5.96 Å². The van der Waals surface area contributed by atoms with Crippen molar-refractivity contribution in [2.75, 3.05) is 12.3 Å². The molecule has 8 heavy (non-hydrogen) atoms. The van der Waals surface area contributed by atoms with E-state index in [2.05, 4.69) is 23.2 Å². The zero-order valence-electron chi connectivity index (χ0n) is 4.46. The van der Waals surface area contributed by atoms with E-state index in [1.54, 1.807) is 0 Å². The second-order valence-electron chi connectivity index (χ2n) is 1.17. The molecule has 0 heterocycles. The third kappa shape index (κ3) is 5.42. The van der Waals surface area contributed by atoms with Gasteiger partial charge in [-0.2, -0.15) is 12.6 Å². The van der Waals surface area contributed by atoms with Gasteiger partial charge in [-0.25, -0.2) is 0 Å². The molecule has 5 heteroatoms. The molecule has 0 bridgehead atoms. The number of thiol groups is 1. The van der Waals surface area contributed by atoms with Gasteiger partial charge >= 0.3 is 0 Å². The molecular weight excluding hydrogens is 124 g/mol. The van der Waals surface area contributed by atoms with Crippen LogP contribution in [-0.2, 0) is 0 Å². The zero-order valence-corrected chi connectivity index (χ0v) is 5.36. The normalized spacial score (nSPS) is 8.12. The van der Waals surface area contributed by atoms with Crippen molar-refractivity contribution in [2.24, 2.45) is 16.6 Å². The van der Waals surface area contributed by atoms with Crippen LogP contribution in [0.2, 0.25) is 0 Å². The minimum Gasteiger partial charge on any atom is -0.369 e. The number of rotatable bonds is 3. The highest BCUT2D eigenvalue weighted by molar-refractivity contribution is 7.80. The molecule has 48 valence electrons. The molecule has 0 aliphatic rings. The average Bonchev–Trinajstić information content (AvgIpc) is 1.66. The van der Waals surface area contributed by atoms with Gasteiger partial charge in [-0.15, -0.1) is 5.10 Å². The Labute approximate surface area is 53.7 Å². The van der Waals surface area contributed by atoms with Gasteiger partial charge in [0, 0.05) is 12.3 Å². The highest BCUT2D eigenvalue weighted by atomic mass is 32.1. The largest absolute Gasteiger partial charge is 0.369 e. The van der Waals surface area contributed by atoms with Gasteiger partial charge in [0.05, 0.1) is 0 Å². The Balaban J connectivity index is 3.03. The number of nitrogens with two attached hydrogens (primary N) is 2. The summed E-state index contributed by atoms with van der Waals surface area (Å²) in [6.07, 6.45) is 0. The number of hydrogen-bond acceptors (Lipinski definition) is 3. The van der Waals surface area contributed by atoms with E-state index in [9.17, 15) is 0 Å². The number of nitrogens with zero attached hydrogens (tertiary/aromatic N) is 1. The van der Waals surface area contributed by atoms with Crippen LogP contribution in [0.15, 0.2) is 5.10 Å². The predicted molar refractivity (Wildman–Crippen MR) is 37.7 cm³/mol. The van der Waals surface area contributed by atoms with Crippen molar-refractivity contribution in [2.45, 2.75) is 0 Å². The Hall–Kier alpha value is -0.580. The summed E-state index contributed by atoms with van der Waals surface area (Å²) in [5, 5.41) is 3.49. The standard InChI is InChI=1S/C3H10N4S/c4-3(5)7-6-1-2-8/h6,8H,1-2H2,(H4,4,5,7). The molecule has 0 atom stereocenters. The van der Waals surface area contributed by atoms with Gasteiger partial charge in [-0.1, -0.05) is 0 Å². The second kappa shape index (κ2) is 4.58. The van der Waals surface area contributed by atoms with Gasteiger partial charge in [-0.3, -0.25) is 0 Å². The molecule has 0 aliphatic carbocycles. The summed E-state index contributed by atoms with van der Waals surface area (Å²) in [5.41, 5.74) is 12.5. The van der Waals surface area contributed by atoms with E-state index in [-0.39, 0.29) is 5.96 Å². The Bertz CT molecular complexity index is 77.4. The molecule has 0 amide bonds. The minimum absolute atomic E-state index is 0.0479. The molecule has 0 fully saturated rings. The maximum Gasteiger partial charge on any atom is 0.208 e. The smallest absolute Gasteiger partial charge is 0.208 e. The molecule has 0 saturated carbocycles. The van der Waals surface area contributed by atoms with Gasteiger partial charge in [0.25, 0.3) is 0 Å². The fourth-order valence-corrected chi connectivity index (χ4v) is 0.297. The van der Waals surface area contributed by atoms with E-state index in [0.29, 0.717) is 6.54 Å². The first-order chi connectivity index (χ1) is 3.77. The molecule has 4 nitrogen and oxygen atoms in total. The average molecular weight is 134 g/mol. The van der Waals surface area contributed by atoms with Crippen LogP contribution in [0, 0.1) is 0 Å². The summed E-state index contributed by atoms with van der Waals surface area (Å²) in [5.74, 6) is 0.767. The summed E-state index contributed by atoms with van der Waals surface area (Å²) >= 11 is 3.91. The first kappa shape index (κ1) is 7.42. The van der Waals surface area contributed by atoms with Crippen molar-refractivity contribution in [1.82, 2.24) is 5.43 Å². The zero-order chi connectivity index (χ0) is 6.41. The predicted octanol–water partition coefficient (Wildman–Crippen LogP) is -1.31. The second-order valence-corrected chi connectivity index (χ2v) is 1.62. The topological polar surface area (TPSA) is 76.4 Å². The molecule has 0 spiro atoms. The molecule has 0 aliphatic heterocycles. The van der Waals surface area contributed by atoms with Crippen molar-refractivity contribution >= 4 is 18.6 Å². The van der Waals surface area contributed by atoms with E-state index in [1.165, 1.54) is 0 Å². The highest BCUT2D eigenvalue weighted by Gasteiger charge is 1.76. The Morgan fingerprint density at radius 1 is 1.62 bits per heavy atom. The lowest BCUT2D eigenvalue weighted by atomic mass is 10.8. The quantitative estimate of drug-likeness (QED) is 0.127. The van der Waals surface area contributed by atoms with Crippen LogP contribution in [0.5, 0.6) is 0 Å². The van der Waals surface area contributed by atoms with E-state index in [4.69, 9.17) is 11.5 Å². The maximum absolute atomic E-state index is 4.97. The van der Waals surface area contributed by atoms with E-state index in [1.807, 2.05) is 0 Å². The molecule has 0 aromatic rings. The van der Waals surface area contributed by atoms with Gasteiger partial charge in [0.15, 0.2) is 0 Å². The maximum atomic E-state index is 4.97. The summed E-state index contributed by atoms with van der Waals surface area (Å²) < 4.78 is 0. The summed E-state index contributed by atoms with van der Waals surface area (Å²) in [6.45, 7) is 0.682. The number of hydrazone groups is 1. The molecule has 0 aromatic heterocycles. The van der Waals surface area contributed by atoms with E-state index >= 15 is 0 Å². The van der Waals surface area contributed by atoms with Crippen LogP contribution >= 0.6 is 12.6 Å². The van der Waals surface area contributed by atoms with Crippen LogP contribution in [0.25, 0.3) is 0 Å². The van der Waals surface area contributed by atoms with Crippen molar-refractivity contribution < 1.29 is 0 Å². The van der Waals surface area contributed by atoms with Gasteiger partial charge in [0.1, 0.15) is 0 Å². The molecule has 5 N–H and O–H groups in total. The van der Waals surface area contributed by atoms with E-state index < -0.39 is 0 Å². The first-order valence-corrected chi connectivity index (χ1v) is 2.83. The Morgan fingerprint density at radius 3 is 2.62 bits per heavy atom. The van der Waals surface area contributed by atoms with Crippen molar-refractivity contribution in [3.63, 3.8) is 0 Å². The minimum atomic E-state index is 0.0479. The Morgan fingerprint density at radius 2 is 2.25 bits per heavy atom.